The van der Waals surface area contributed by atoms with Gasteiger partial charge >= 0.3 is 5.76 Å². The van der Waals surface area contributed by atoms with Gasteiger partial charge in [-0.3, -0.25) is 0 Å². The molecule has 0 aliphatic carbocycles. The van der Waals surface area contributed by atoms with Crippen molar-refractivity contribution >= 4 is 11.0 Å². The minimum Gasteiger partial charge on any atom is -0.477 e. The van der Waals surface area contributed by atoms with E-state index in [1.54, 1.807) is 18.2 Å². The molecule has 2 rings (SSSR count). The van der Waals surface area contributed by atoms with Gasteiger partial charge in [0.25, 0.3) is 0 Å². The average Bonchev–Trinajstić information content (AvgIpc) is 2.18. The van der Waals surface area contributed by atoms with Gasteiger partial charge in [0, 0.05) is 0 Å². The van der Waals surface area contributed by atoms with Crippen molar-refractivity contribution in [2.45, 2.75) is 6.92 Å². The van der Waals surface area contributed by atoms with Crippen molar-refractivity contribution in [3.63, 3.8) is 0 Å². The molecule has 4 heteroatoms. The molecular formula is C10H9NO3. The number of para-hydroxylation sites is 1. The summed E-state index contributed by atoms with van der Waals surface area (Å²) in [6.07, 6.45) is 0. The highest BCUT2D eigenvalue weighted by molar-refractivity contribution is 5.81. The van der Waals surface area contributed by atoms with Crippen molar-refractivity contribution in [3.8, 4) is 5.88 Å². The van der Waals surface area contributed by atoms with Crippen LogP contribution in [0.4, 0.5) is 0 Å². The summed E-state index contributed by atoms with van der Waals surface area (Å²) < 4.78 is 10.1. The fourth-order valence-electron chi connectivity index (χ4n) is 1.24. The molecule has 1 aromatic carbocycles. The highest BCUT2D eigenvalue weighted by atomic mass is 16.5. The molecule has 0 saturated heterocycles. The molecule has 0 bridgehead atoms. The van der Waals surface area contributed by atoms with E-state index in [-0.39, 0.29) is 0 Å². The van der Waals surface area contributed by atoms with Gasteiger partial charge in [-0.1, -0.05) is 12.1 Å². The van der Waals surface area contributed by atoms with Crippen LogP contribution in [-0.4, -0.2) is 11.6 Å². The van der Waals surface area contributed by atoms with E-state index >= 15 is 0 Å². The smallest absolute Gasteiger partial charge is 0.442 e. The molecule has 0 amide bonds. The molecule has 0 aliphatic heterocycles. The number of hydrogen-bond donors (Lipinski definition) is 0. The number of hydrogen-bond acceptors (Lipinski definition) is 4. The monoisotopic (exact) mass is 191 g/mol. The van der Waals surface area contributed by atoms with Crippen molar-refractivity contribution in [1.29, 1.82) is 0 Å². The Morgan fingerprint density at radius 3 is 3.00 bits per heavy atom. The first kappa shape index (κ1) is 8.74. The third-order valence-electron chi connectivity index (χ3n) is 1.79. The summed E-state index contributed by atoms with van der Waals surface area (Å²) in [6, 6.07) is 7.14. The van der Waals surface area contributed by atoms with Gasteiger partial charge < -0.3 is 9.15 Å². The molecule has 1 aromatic heterocycles. The molecule has 72 valence electrons. The molecule has 0 fully saturated rings. The zero-order valence-electron chi connectivity index (χ0n) is 7.69. The molecule has 4 nitrogen and oxygen atoms in total. The molecule has 2 aromatic rings. The minimum absolute atomic E-state index is 0.333. The normalized spacial score (nSPS) is 10.4. The molecule has 14 heavy (non-hydrogen) atoms. The van der Waals surface area contributed by atoms with E-state index in [0.717, 1.165) is 0 Å². The summed E-state index contributed by atoms with van der Waals surface area (Å²) in [5.74, 6) is -0.300. The summed E-state index contributed by atoms with van der Waals surface area (Å²) in [4.78, 5) is 14.7. The van der Waals surface area contributed by atoms with E-state index in [0.29, 0.717) is 23.5 Å². The fraction of sp³-hybridized carbons (Fsp3) is 0.200. The number of rotatable bonds is 2. The molecule has 0 N–H and O–H groups in total. The Bertz CT molecular complexity index is 504. The maximum atomic E-state index is 11.0. The van der Waals surface area contributed by atoms with Crippen LogP contribution in [0.3, 0.4) is 0 Å². The largest absolute Gasteiger partial charge is 0.477 e. The molecule has 0 unspecified atom stereocenters. The number of nitrogens with zero attached hydrogens (tertiary/aromatic N) is 1. The van der Waals surface area contributed by atoms with Gasteiger partial charge in [-0.15, -0.1) is 4.98 Å². The Balaban J connectivity index is 2.73. The Morgan fingerprint density at radius 2 is 2.21 bits per heavy atom. The van der Waals surface area contributed by atoms with E-state index in [1.165, 1.54) is 0 Å². The summed E-state index contributed by atoms with van der Waals surface area (Å²) in [5.41, 5.74) is 0.496. The van der Waals surface area contributed by atoms with Crippen molar-refractivity contribution in [3.05, 3.63) is 34.8 Å². The number of ether oxygens (including phenoxy) is 1. The highest BCUT2D eigenvalue weighted by Crippen LogP contribution is 2.20. The zero-order chi connectivity index (χ0) is 9.97. The quantitative estimate of drug-likeness (QED) is 0.723. The van der Waals surface area contributed by atoms with Crippen molar-refractivity contribution < 1.29 is 9.15 Å². The van der Waals surface area contributed by atoms with Crippen LogP contribution in [-0.2, 0) is 0 Å². The van der Waals surface area contributed by atoms with Crippen LogP contribution in [0.2, 0.25) is 0 Å². The third kappa shape index (κ3) is 1.46. The topological polar surface area (TPSA) is 52.3 Å². The SMILES string of the molecule is CCOc1nc(=O)oc2ccccc12. The van der Waals surface area contributed by atoms with Gasteiger partial charge in [0.15, 0.2) is 0 Å². The molecule has 0 saturated carbocycles. The van der Waals surface area contributed by atoms with Crippen LogP contribution in [0.15, 0.2) is 33.5 Å². The average molecular weight is 191 g/mol. The van der Waals surface area contributed by atoms with Crippen molar-refractivity contribution in [2.24, 2.45) is 0 Å². The van der Waals surface area contributed by atoms with E-state index in [1.807, 2.05) is 13.0 Å². The second kappa shape index (κ2) is 3.49. The summed E-state index contributed by atoms with van der Waals surface area (Å²) >= 11 is 0. The van der Waals surface area contributed by atoms with E-state index in [9.17, 15) is 4.79 Å². The Morgan fingerprint density at radius 1 is 1.43 bits per heavy atom. The first-order chi connectivity index (χ1) is 6.81. The standard InChI is InChI=1S/C10H9NO3/c1-2-13-9-7-5-3-4-6-8(7)14-10(12)11-9/h3-6H,2H2,1H3. The van der Waals surface area contributed by atoms with Crippen LogP contribution in [0.25, 0.3) is 11.0 Å². The predicted molar refractivity (Wildman–Crippen MR) is 51.4 cm³/mol. The molecular weight excluding hydrogens is 182 g/mol. The number of aromatic nitrogens is 1. The lowest BCUT2D eigenvalue weighted by Crippen LogP contribution is -2.07. The van der Waals surface area contributed by atoms with Gasteiger partial charge in [-0.25, -0.2) is 4.79 Å². The lowest BCUT2D eigenvalue weighted by atomic mass is 10.2. The van der Waals surface area contributed by atoms with Crippen molar-refractivity contribution in [1.82, 2.24) is 4.98 Å². The maximum absolute atomic E-state index is 11.0. The molecule has 0 radical (unpaired) electrons. The van der Waals surface area contributed by atoms with E-state index in [2.05, 4.69) is 4.98 Å². The van der Waals surface area contributed by atoms with Gasteiger partial charge in [0.05, 0.1) is 12.0 Å². The number of benzene rings is 1. The van der Waals surface area contributed by atoms with Gasteiger partial charge in [0.1, 0.15) is 5.58 Å². The summed E-state index contributed by atoms with van der Waals surface area (Å²) in [5, 5.41) is 0.717. The Kier molecular flexibility index (Phi) is 2.18. The van der Waals surface area contributed by atoms with Crippen LogP contribution in [0.1, 0.15) is 6.92 Å². The first-order valence-electron chi connectivity index (χ1n) is 4.34. The summed E-state index contributed by atoms with van der Waals surface area (Å²) in [6.45, 7) is 2.31. The lowest BCUT2D eigenvalue weighted by molar-refractivity contribution is 0.323. The Labute approximate surface area is 80.1 Å². The fourth-order valence-corrected chi connectivity index (χ4v) is 1.24. The van der Waals surface area contributed by atoms with Crippen LogP contribution < -0.4 is 10.5 Å². The van der Waals surface area contributed by atoms with Crippen LogP contribution in [0.5, 0.6) is 5.88 Å². The highest BCUT2D eigenvalue weighted by Gasteiger charge is 2.05. The number of fused-ring (bicyclic) bond motifs is 1. The maximum Gasteiger partial charge on any atom is 0.442 e. The molecule has 0 spiro atoms. The zero-order valence-corrected chi connectivity index (χ0v) is 7.69. The second-order valence-electron chi connectivity index (χ2n) is 2.71. The Hall–Kier alpha value is -1.84. The van der Waals surface area contributed by atoms with Crippen LogP contribution >= 0.6 is 0 Å². The first-order valence-corrected chi connectivity index (χ1v) is 4.34. The minimum atomic E-state index is -0.632. The van der Waals surface area contributed by atoms with Gasteiger partial charge in [-0.05, 0) is 19.1 Å². The van der Waals surface area contributed by atoms with Gasteiger partial charge in [-0.2, -0.15) is 0 Å². The van der Waals surface area contributed by atoms with E-state index in [4.69, 9.17) is 9.15 Å². The molecule has 0 aliphatic rings. The molecule has 0 atom stereocenters. The van der Waals surface area contributed by atoms with Crippen LogP contribution in [0, 0.1) is 0 Å². The third-order valence-corrected chi connectivity index (χ3v) is 1.79. The van der Waals surface area contributed by atoms with E-state index < -0.39 is 5.76 Å². The predicted octanol–water partition coefficient (Wildman–Crippen LogP) is 1.59. The second-order valence-corrected chi connectivity index (χ2v) is 2.71. The summed E-state index contributed by atoms with van der Waals surface area (Å²) in [7, 11) is 0. The van der Waals surface area contributed by atoms with Gasteiger partial charge in [0.2, 0.25) is 5.88 Å². The molecule has 1 heterocycles. The lowest BCUT2D eigenvalue weighted by Gasteiger charge is -2.03. The van der Waals surface area contributed by atoms with Crippen molar-refractivity contribution in [2.75, 3.05) is 6.61 Å².